The van der Waals surface area contributed by atoms with E-state index in [2.05, 4.69) is 98.5 Å². The van der Waals surface area contributed by atoms with E-state index >= 15 is 0 Å². The first-order valence-corrected chi connectivity index (χ1v) is 13.3. The summed E-state index contributed by atoms with van der Waals surface area (Å²) in [6, 6.07) is 29.3. The van der Waals surface area contributed by atoms with Gasteiger partial charge in [-0.1, -0.05) is 85.0 Å². The summed E-state index contributed by atoms with van der Waals surface area (Å²) in [5.74, 6) is 1.36. The van der Waals surface area contributed by atoms with Gasteiger partial charge in [-0.25, -0.2) is 0 Å². The molecule has 0 atom stereocenters. The van der Waals surface area contributed by atoms with Crippen molar-refractivity contribution in [3.8, 4) is 11.5 Å². The molecule has 184 valence electrons. The quantitative estimate of drug-likeness (QED) is 0.235. The Labute approximate surface area is 226 Å². The minimum Gasteiger partial charge on any atom is -0.493 e. The Bertz CT molecular complexity index is 1350. The summed E-state index contributed by atoms with van der Waals surface area (Å²) < 4.78 is 12.8. The molecule has 4 aromatic rings. The summed E-state index contributed by atoms with van der Waals surface area (Å²) in [6.45, 7) is 5.21. The summed E-state index contributed by atoms with van der Waals surface area (Å²) in [4.78, 5) is 5.61. The lowest BCUT2D eigenvalue weighted by Crippen LogP contribution is -2.48. The van der Waals surface area contributed by atoms with E-state index in [4.69, 9.17) is 21.7 Å². The van der Waals surface area contributed by atoms with Gasteiger partial charge in [0.05, 0.1) is 11.6 Å². The highest BCUT2D eigenvalue weighted by Gasteiger charge is 2.22. The lowest BCUT2D eigenvalue weighted by molar-refractivity contribution is 0.177. The summed E-state index contributed by atoms with van der Waals surface area (Å²) in [7, 11) is 1.67. The number of fused-ring (bicyclic) bond motifs is 1. The molecule has 1 aliphatic rings. The number of hydrogen-bond donors (Lipinski definition) is 0. The molecule has 1 saturated heterocycles. The van der Waals surface area contributed by atoms with E-state index in [-0.39, 0.29) is 0 Å². The molecule has 0 aromatic heterocycles. The van der Waals surface area contributed by atoms with Gasteiger partial charge in [0, 0.05) is 38.3 Å². The number of thiocarbonyl (C=S) groups is 1. The maximum atomic E-state index is 6.27. The zero-order valence-corrected chi connectivity index (χ0v) is 22.7. The molecule has 0 unspecified atom stereocenters. The number of piperazine rings is 1. The van der Waals surface area contributed by atoms with E-state index in [1.807, 2.05) is 12.1 Å². The summed E-state index contributed by atoms with van der Waals surface area (Å²) in [6.07, 6.45) is 0. The van der Waals surface area contributed by atoms with Crippen molar-refractivity contribution in [1.82, 2.24) is 9.80 Å². The summed E-state index contributed by atoms with van der Waals surface area (Å²) in [5.41, 5.74) is 3.44. The van der Waals surface area contributed by atoms with Crippen molar-refractivity contribution in [3.63, 3.8) is 0 Å². The fourth-order valence-corrected chi connectivity index (χ4v) is 5.54. The van der Waals surface area contributed by atoms with Crippen LogP contribution in [-0.2, 0) is 13.2 Å². The maximum Gasteiger partial charge on any atom is 0.175 e. The van der Waals surface area contributed by atoms with Crippen LogP contribution in [0.2, 0.25) is 0 Å². The molecule has 1 fully saturated rings. The second-order valence-electron chi connectivity index (χ2n) is 8.97. The highest BCUT2D eigenvalue weighted by atomic mass is 79.9. The lowest BCUT2D eigenvalue weighted by atomic mass is 10.1. The Morgan fingerprint density at radius 1 is 0.889 bits per heavy atom. The Hall–Kier alpha value is -2.93. The van der Waals surface area contributed by atoms with E-state index in [0.717, 1.165) is 53.3 Å². The number of rotatable bonds is 7. The molecule has 0 radical (unpaired) electrons. The van der Waals surface area contributed by atoms with Crippen LogP contribution in [-0.4, -0.2) is 48.1 Å². The molecule has 0 aliphatic carbocycles. The first kappa shape index (κ1) is 24.8. The molecule has 0 spiro atoms. The van der Waals surface area contributed by atoms with Gasteiger partial charge in [0.15, 0.2) is 11.5 Å². The van der Waals surface area contributed by atoms with E-state index in [1.54, 1.807) is 7.11 Å². The topological polar surface area (TPSA) is 24.9 Å². The third-order valence-corrected chi connectivity index (χ3v) is 7.72. The minimum atomic E-state index is 0.448. The molecule has 0 N–H and O–H groups in total. The van der Waals surface area contributed by atoms with Crippen molar-refractivity contribution in [2.45, 2.75) is 13.2 Å². The predicted octanol–water partition coefficient (Wildman–Crippen LogP) is 6.68. The molecule has 1 aliphatic heterocycles. The molecular formula is C30H29BrN2O2S. The van der Waals surface area contributed by atoms with Gasteiger partial charge in [0.25, 0.3) is 0 Å². The van der Waals surface area contributed by atoms with Gasteiger partial charge in [-0.3, -0.25) is 4.90 Å². The zero-order valence-electron chi connectivity index (χ0n) is 20.3. The van der Waals surface area contributed by atoms with Crippen LogP contribution in [0.5, 0.6) is 11.5 Å². The fraction of sp³-hybridized carbons (Fsp3) is 0.233. The SMILES string of the molecule is COc1cc(C(=S)N2CCN(Cc3ccccc3)CC2)cc(Br)c1OCc1cccc2ccccc12. The molecule has 0 amide bonds. The van der Waals surface area contributed by atoms with Crippen LogP contribution in [0.1, 0.15) is 16.7 Å². The number of nitrogens with zero attached hydrogens (tertiary/aromatic N) is 2. The normalized spacial score (nSPS) is 14.1. The summed E-state index contributed by atoms with van der Waals surface area (Å²) in [5, 5.41) is 2.40. The molecule has 5 rings (SSSR count). The molecular weight excluding hydrogens is 532 g/mol. The largest absolute Gasteiger partial charge is 0.493 e. The Morgan fingerprint density at radius 2 is 1.61 bits per heavy atom. The van der Waals surface area contributed by atoms with E-state index in [9.17, 15) is 0 Å². The third kappa shape index (κ3) is 5.56. The van der Waals surface area contributed by atoms with Crippen molar-refractivity contribution < 1.29 is 9.47 Å². The van der Waals surface area contributed by atoms with Crippen LogP contribution in [0.25, 0.3) is 10.8 Å². The van der Waals surface area contributed by atoms with Crippen molar-refractivity contribution in [2.24, 2.45) is 0 Å². The van der Waals surface area contributed by atoms with Crippen LogP contribution >= 0.6 is 28.1 Å². The standard InChI is InChI=1S/C30H29BrN2O2S/c1-34-28-19-25(30(36)33-16-14-32(15-17-33)20-22-8-3-2-4-9-22)18-27(31)29(28)35-21-24-12-7-11-23-10-5-6-13-26(23)24/h2-13,18-19H,14-17,20-21H2,1H3. The van der Waals surface area contributed by atoms with Crippen molar-refractivity contribution >= 4 is 43.9 Å². The molecule has 0 saturated carbocycles. The molecule has 4 aromatic carbocycles. The number of halogens is 1. The number of benzene rings is 4. The van der Waals surface area contributed by atoms with Crippen LogP contribution in [0.15, 0.2) is 89.4 Å². The maximum absolute atomic E-state index is 6.27. The molecule has 0 bridgehead atoms. The van der Waals surface area contributed by atoms with Crippen molar-refractivity contribution in [2.75, 3.05) is 33.3 Å². The van der Waals surface area contributed by atoms with E-state index in [1.165, 1.54) is 16.3 Å². The zero-order chi connectivity index (χ0) is 24.9. The number of hydrogen-bond acceptors (Lipinski definition) is 4. The smallest absolute Gasteiger partial charge is 0.175 e. The van der Waals surface area contributed by atoms with Gasteiger partial charge in [-0.05, 0) is 50.0 Å². The van der Waals surface area contributed by atoms with Gasteiger partial charge in [-0.2, -0.15) is 0 Å². The van der Waals surface area contributed by atoms with Crippen LogP contribution < -0.4 is 9.47 Å². The Kier molecular flexibility index (Phi) is 7.85. The highest BCUT2D eigenvalue weighted by molar-refractivity contribution is 9.10. The second kappa shape index (κ2) is 11.4. The Balaban J connectivity index is 1.26. The molecule has 36 heavy (non-hydrogen) atoms. The van der Waals surface area contributed by atoms with Gasteiger partial charge in [-0.15, -0.1) is 0 Å². The summed E-state index contributed by atoms with van der Waals surface area (Å²) >= 11 is 9.61. The van der Waals surface area contributed by atoms with Gasteiger partial charge in [0.1, 0.15) is 11.6 Å². The highest BCUT2D eigenvalue weighted by Crippen LogP contribution is 2.38. The third-order valence-electron chi connectivity index (χ3n) is 6.64. The van der Waals surface area contributed by atoms with E-state index in [0.29, 0.717) is 18.1 Å². The first-order chi connectivity index (χ1) is 17.6. The predicted molar refractivity (Wildman–Crippen MR) is 154 cm³/mol. The number of methoxy groups -OCH3 is 1. The van der Waals surface area contributed by atoms with Gasteiger partial charge >= 0.3 is 0 Å². The monoisotopic (exact) mass is 560 g/mol. The van der Waals surface area contributed by atoms with Gasteiger partial charge in [0.2, 0.25) is 0 Å². The Morgan fingerprint density at radius 3 is 2.39 bits per heavy atom. The van der Waals surface area contributed by atoms with Crippen molar-refractivity contribution in [3.05, 3.63) is 106 Å². The average molecular weight is 562 g/mol. The molecule has 6 heteroatoms. The minimum absolute atomic E-state index is 0.448. The molecule has 1 heterocycles. The van der Waals surface area contributed by atoms with Crippen molar-refractivity contribution in [1.29, 1.82) is 0 Å². The van der Waals surface area contributed by atoms with Gasteiger partial charge < -0.3 is 14.4 Å². The van der Waals surface area contributed by atoms with Crippen LogP contribution in [0.3, 0.4) is 0 Å². The van der Waals surface area contributed by atoms with Crippen LogP contribution in [0, 0.1) is 0 Å². The fourth-order valence-electron chi connectivity index (χ4n) is 4.68. The first-order valence-electron chi connectivity index (χ1n) is 12.1. The second-order valence-corrected chi connectivity index (χ2v) is 10.2. The lowest BCUT2D eigenvalue weighted by Gasteiger charge is -2.36. The van der Waals surface area contributed by atoms with Crippen LogP contribution in [0.4, 0.5) is 0 Å². The number of ether oxygens (including phenoxy) is 2. The van der Waals surface area contributed by atoms with E-state index < -0.39 is 0 Å². The average Bonchev–Trinajstić information content (AvgIpc) is 2.92. The molecule has 4 nitrogen and oxygen atoms in total.